The molecule has 1 aliphatic heterocycles. The molecule has 1 aromatic carbocycles. The molecule has 1 aliphatic rings. The monoisotopic (exact) mass is 305 g/mol. The predicted molar refractivity (Wildman–Crippen MR) is 91.2 cm³/mol. The van der Waals surface area contributed by atoms with Crippen molar-refractivity contribution in [2.75, 3.05) is 17.3 Å². The van der Waals surface area contributed by atoms with Crippen LogP contribution in [0, 0.1) is 0 Å². The third kappa shape index (κ3) is 4.00. The Labute approximate surface area is 131 Å². The molecule has 0 unspecified atom stereocenters. The number of benzene rings is 1. The molecule has 0 bridgehead atoms. The number of anilines is 1. The molecular formula is C16H23N3OS. The summed E-state index contributed by atoms with van der Waals surface area (Å²) in [6.45, 7) is 7.22. The summed E-state index contributed by atoms with van der Waals surface area (Å²) in [5.74, 6) is 1.02. The van der Waals surface area contributed by atoms with Crippen molar-refractivity contribution in [3.05, 3.63) is 29.8 Å². The van der Waals surface area contributed by atoms with Crippen LogP contribution in [0.15, 0.2) is 29.3 Å². The van der Waals surface area contributed by atoms with E-state index in [-0.39, 0.29) is 6.03 Å². The molecule has 2 amide bonds. The second kappa shape index (κ2) is 7.50. The molecule has 1 heterocycles. The Morgan fingerprint density at radius 1 is 1.43 bits per heavy atom. The van der Waals surface area contributed by atoms with Crippen LogP contribution >= 0.6 is 11.8 Å². The quantitative estimate of drug-likeness (QED) is 0.829. The second-order valence-corrected chi connectivity index (χ2v) is 6.32. The smallest absolute Gasteiger partial charge is 0.328 e. The fourth-order valence-corrected chi connectivity index (χ4v) is 2.92. The van der Waals surface area contributed by atoms with Gasteiger partial charge in [-0.1, -0.05) is 51.1 Å². The maximum Gasteiger partial charge on any atom is 0.328 e. The Bertz CT molecular complexity index is 528. The Morgan fingerprint density at radius 2 is 2.24 bits per heavy atom. The van der Waals surface area contributed by atoms with Crippen LogP contribution < -0.4 is 10.2 Å². The van der Waals surface area contributed by atoms with E-state index >= 15 is 0 Å². The number of amidine groups is 1. The number of urea groups is 1. The molecule has 0 saturated carbocycles. The molecule has 0 spiro atoms. The standard InChI is InChI=1S/C16H23N3OS/c1-4-5-9-17-16-19(15(20)18-11-21-16)14-8-6-7-13(10-14)12(2)3/h6-8,10,12H,4-5,9,11H2,1-3H3,(H,18,20)/b17-16-. The van der Waals surface area contributed by atoms with Crippen molar-refractivity contribution in [2.24, 2.45) is 4.99 Å². The molecule has 1 aromatic rings. The Balaban J connectivity index is 2.29. The third-order valence-electron chi connectivity index (χ3n) is 3.37. The van der Waals surface area contributed by atoms with Crippen LogP contribution in [0.4, 0.5) is 10.5 Å². The van der Waals surface area contributed by atoms with E-state index in [0.29, 0.717) is 11.8 Å². The predicted octanol–water partition coefficient (Wildman–Crippen LogP) is 4.19. The van der Waals surface area contributed by atoms with Gasteiger partial charge in [-0.05, 0) is 30.0 Å². The lowest BCUT2D eigenvalue weighted by Crippen LogP contribution is -2.47. The number of nitrogens with zero attached hydrogens (tertiary/aromatic N) is 2. The molecule has 0 atom stereocenters. The number of thioether (sulfide) groups is 1. The number of nitrogens with one attached hydrogen (secondary N) is 1. The number of amides is 2. The lowest BCUT2D eigenvalue weighted by atomic mass is 10.0. The summed E-state index contributed by atoms with van der Waals surface area (Å²) in [7, 11) is 0. The molecule has 0 aliphatic carbocycles. The van der Waals surface area contributed by atoms with Gasteiger partial charge in [-0.15, -0.1) is 0 Å². The van der Waals surface area contributed by atoms with Crippen LogP contribution in [0.2, 0.25) is 0 Å². The summed E-state index contributed by atoms with van der Waals surface area (Å²) in [6.07, 6.45) is 2.15. The summed E-state index contributed by atoms with van der Waals surface area (Å²) < 4.78 is 0. The number of hydrogen-bond donors (Lipinski definition) is 1. The van der Waals surface area contributed by atoms with Crippen molar-refractivity contribution in [1.29, 1.82) is 0 Å². The first-order chi connectivity index (χ1) is 10.1. The SMILES string of the molecule is CCCC/N=C1\SCNC(=O)N1c1cccc(C(C)C)c1. The maximum atomic E-state index is 12.2. The fourth-order valence-electron chi connectivity index (χ4n) is 2.09. The topological polar surface area (TPSA) is 44.7 Å². The molecule has 4 nitrogen and oxygen atoms in total. The van der Waals surface area contributed by atoms with Crippen molar-refractivity contribution >= 4 is 28.6 Å². The van der Waals surface area contributed by atoms with Crippen LogP contribution in [0.5, 0.6) is 0 Å². The summed E-state index contributed by atoms with van der Waals surface area (Å²) in [6, 6.07) is 8.04. The number of carbonyl (C=O) groups excluding carboxylic acids is 1. The minimum absolute atomic E-state index is 0.0927. The molecule has 21 heavy (non-hydrogen) atoms. The Hall–Kier alpha value is -1.49. The average molecular weight is 305 g/mol. The van der Waals surface area contributed by atoms with Gasteiger partial charge in [-0.2, -0.15) is 0 Å². The summed E-state index contributed by atoms with van der Waals surface area (Å²) in [5, 5.41) is 3.67. The van der Waals surface area contributed by atoms with Gasteiger partial charge in [0.1, 0.15) is 0 Å². The van der Waals surface area contributed by atoms with E-state index in [2.05, 4.69) is 43.2 Å². The lowest BCUT2D eigenvalue weighted by molar-refractivity contribution is 0.250. The van der Waals surface area contributed by atoms with E-state index in [9.17, 15) is 4.79 Å². The number of unbranched alkanes of at least 4 members (excludes halogenated alkanes) is 1. The summed E-state index contributed by atoms with van der Waals surface area (Å²) >= 11 is 1.58. The number of rotatable bonds is 5. The molecule has 5 heteroatoms. The van der Waals surface area contributed by atoms with E-state index in [1.165, 1.54) is 5.56 Å². The molecule has 1 N–H and O–H groups in total. The first-order valence-corrected chi connectivity index (χ1v) is 8.47. The van der Waals surface area contributed by atoms with Crippen molar-refractivity contribution in [3.8, 4) is 0 Å². The zero-order valence-electron chi connectivity index (χ0n) is 12.9. The molecule has 0 radical (unpaired) electrons. The average Bonchev–Trinajstić information content (AvgIpc) is 2.48. The maximum absolute atomic E-state index is 12.2. The van der Waals surface area contributed by atoms with Crippen LogP contribution in [0.1, 0.15) is 45.1 Å². The van der Waals surface area contributed by atoms with Crippen LogP contribution in [0.3, 0.4) is 0 Å². The second-order valence-electron chi connectivity index (χ2n) is 5.37. The highest BCUT2D eigenvalue weighted by Crippen LogP contribution is 2.26. The van der Waals surface area contributed by atoms with Gasteiger partial charge in [0.15, 0.2) is 5.17 Å². The molecular weight excluding hydrogens is 282 g/mol. The summed E-state index contributed by atoms with van der Waals surface area (Å²) in [5.41, 5.74) is 2.12. The van der Waals surface area contributed by atoms with Gasteiger partial charge < -0.3 is 5.32 Å². The van der Waals surface area contributed by atoms with Gasteiger partial charge in [-0.3, -0.25) is 4.99 Å². The van der Waals surface area contributed by atoms with Crippen LogP contribution in [-0.2, 0) is 0 Å². The number of carbonyl (C=O) groups is 1. The molecule has 114 valence electrons. The largest absolute Gasteiger partial charge is 0.328 e. The van der Waals surface area contributed by atoms with E-state index in [1.54, 1.807) is 16.7 Å². The van der Waals surface area contributed by atoms with Gasteiger partial charge in [-0.25, -0.2) is 9.69 Å². The zero-order chi connectivity index (χ0) is 15.2. The molecule has 1 fully saturated rings. The Morgan fingerprint density at radius 3 is 2.95 bits per heavy atom. The van der Waals surface area contributed by atoms with E-state index in [0.717, 1.165) is 30.2 Å². The minimum Gasteiger partial charge on any atom is -0.328 e. The normalized spacial score (nSPS) is 17.4. The highest BCUT2D eigenvalue weighted by atomic mass is 32.2. The highest BCUT2D eigenvalue weighted by Gasteiger charge is 2.26. The fraction of sp³-hybridized carbons (Fsp3) is 0.500. The number of aliphatic imine (C=N–C) groups is 1. The molecule has 2 rings (SSSR count). The van der Waals surface area contributed by atoms with Gasteiger partial charge in [0.25, 0.3) is 0 Å². The zero-order valence-corrected chi connectivity index (χ0v) is 13.7. The van der Waals surface area contributed by atoms with Gasteiger partial charge in [0.2, 0.25) is 0 Å². The van der Waals surface area contributed by atoms with E-state index in [4.69, 9.17) is 0 Å². The first-order valence-electron chi connectivity index (χ1n) is 7.48. The van der Waals surface area contributed by atoms with Gasteiger partial charge in [0, 0.05) is 6.54 Å². The van der Waals surface area contributed by atoms with E-state index < -0.39 is 0 Å². The van der Waals surface area contributed by atoms with Crippen LogP contribution in [0.25, 0.3) is 0 Å². The minimum atomic E-state index is -0.0927. The number of hydrogen-bond acceptors (Lipinski definition) is 3. The van der Waals surface area contributed by atoms with Gasteiger partial charge >= 0.3 is 6.03 Å². The molecule has 0 aromatic heterocycles. The highest BCUT2D eigenvalue weighted by molar-refractivity contribution is 8.14. The third-order valence-corrected chi connectivity index (χ3v) is 4.23. The summed E-state index contributed by atoms with van der Waals surface area (Å²) in [4.78, 5) is 18.5. The lowest BCUT2D eigenvalue weighted by Gasteiger charge is -2.29. The van der Waals surface area contributed by atoms with Gasteiger partial charge in [0.05, 0.1) is 11.6 Å². The first kappa shape index (κ1) is 15.9. The van der Waals surface area contributed by atoms with Crippen molar-refractivity contribution < 1.29 is 4.79 Å². The Kier molecular flexibility index (Phi) is 5.67. The van der Waals surface area contributed by atoms with Crippen molar-refractivity contribution in [3.63, 3.8) is 0 Å². The van der Waals surface area contributed by atoms with E-state index in [1.807, 2.05) is 12.1 Å². The van der Waals surface area contributed by atoms with Crippen molar-refractivity contribution in [1.82, 2.24) is 5.32 Å². The van der Waals surface area contributed by atoms with Crippen molar-refractivity contribution in [2.45, 2.75) is 39.5 Å². The molecule has 1 saturated heterocycles. The van der Waals surface area contributed by atoms with Crippen LogP contribution in [-0.4, -0.2) is 23.6 Å².